The summed E-state index contributed by atoms with van der Waals surface area (Å²) < 4.78 is 17.5. The van der Waals surface area contributed by atoms with E-state index >= 15 is 0 Å². The van der Waals surface area contributed by atoms with Gasteiger partial charge in [-0.15, -0.1) is 0 Å². The lowest BCUT2D eigenvalue weighted by atomic mass is 10.2. The van der Waals surface area contributed by atoms with Crippen molar-refractivity contribution < 1.29 is 13.9 Å². The van der Waals surface area contributed by atoms with E-state index in [1.54, 1.807) is 6.92 Å². The van der Waals surface area contributed by atoms with Crippen LogP contribution in [0.3, 0.4) is 0 Å². The first-order valence-corrected chi connectivity index (χ1v) is 3.87. The number of anilines is 1. The fourth-order valence-corrected chi connectivity index (χ4v) is 0.869. The van der Waals surface area contributed by atoms with Crippen molar-refractivity contribution in [3.8, 4) is 0 Å². The quantitative estimate of drug-likeness (QED) is 0.559. The van der Waals surface area contributed by atoms with Gasteiger partial charge in [-0.3, -0.25) is 0 Å². The van der Waals surface area contributed by atoms with Gasteiger partial charge in [-0.1, -0.05) is 0 Å². The maximum absolute atomic E-state index is 12.8. The van der Waals surface area contributed by atoms with E-state index in [-0.39, 0.29) is 17.9 Å². The van der Waals surface area contributed by atoms with Crippen LogP contribution in [-0.4, -0.2) is 12.6 Å². The molecule has 0 heterocycles. The molecule has 0 atom stereocenters. The molecule has 1 aromatic carbocycles. The second-order valence-electron chi connectivity index (χ2n) is 2.46. The SMILES string of the molecule is CCOC(=O)c1ccc(N)c(F)c1. The number of benzene rings is 1. The Kier molecular flexibility index (Phi) is 2.84. The van der Waals surface area contributed by atoms with Crippen LogP contribution < -0.4 is 5.73 Å². The van der Waals surface area contributed by atoms with Gasteiger partial charge in [0.25, 0.3) is 0 Å². The number of hydrogen-bond acceptors (Lipinski definition) is 3. The molecular formula is C9H10FNO2. The van der Waals surface area contributed by atoms with Gasteiger partial charge in [0.2, 0.25) is 0 Å². The van der Waals surface area contributed by atoms with E-state index in [0.717, 1.165) is 6.07 Å². The highest BCUT2D eigenvalue weighted by molar-refractivity contribution is 5.89. The number of carbonyl (C=O) groups excluding carboxylic acids is 1. The zero-order chi connectivity index (χ0) is 9.84. The van der Waals surface area contributed by atoms with Gasteiger partial charge in [-0.25, -0.2) is 9.18 Å². The predicted octanol–water partition coefficient (Wildman–Crippen LogP) is 1.58. The number of ether oxygens (including phenoxy) is 1. The van der Waals surface area contributed by atoms with Crippen molar-refractivity contribution >= 4 is 11.7 Å². The summed E-state index contributed by atoms with van der Waals surface area (Å²) in [5.41, 5.74) is 5.43. The van der Waals surface area contributed by atoms with Gasteiger partial charge in [0.05, 0.1) is 17.9 Å². The highest BCUT2D eigenvalue weighted by Gasteiger charge is 2.08. The zero-order valence-corrected chi connectivity index (χ0v) is 7.21. The second kappa shape index (κ2) is 3.89. The number of carbonyl (C=O) groups is 1. The first kappa shape index (κ1) is 9.51. The fraction of sp³-hybridized carbons (Fsp3) is 0.222. The molecule has 13 heavy (non-hydrogen) atoms. The molecule has 0 radical (unpaired) electrons. The van der Waals surface area contributed by atoms with Crippen molar-refractivity contribution in [2.75, 3.05) is 12.3 Å². The Hall–Kier alpha value is -1.58. The minimum atomic E-state index is -0.606. The monoisotopic (exact) mass is 183 g/mol. The number of hydrogen-bond donors (Lipinski definition) is 1. The minimum absolute atomic E-state index is 0.0213. The highest BCUT2D eigenvalue weighted by atomic mass is 19.1. The van der Waals surface area contributed by atoms with Crippen molar-refractivity contribution in [1.29, 1.82) is 0 Å². The minimum Gasteiger partial charge on any atom is -0.462 e. The van der Waals surface area contributed by atoms with Crippen LogP contribution >= 0.6 is 0 Å². The molecule has 0 amide bonds. The molecule has 0 aliphatic rings. The van der Waals surface area contributed by atoms with Crippen LogP contribution in [0.1, 0.15) is 17.3 Å². The van der Waals surface area contributed by atoms with Crippen LogP contribution in [0.5, 0.6) is 0 Å². The maximum Gasteiger partial charge on any atom is 0.338 e. The standard InChI is InChI=1S/C9H10FNO2/c1-2-13-9(12)6-3-4-8(11)7(10)5-6/h3-5H,2,11H2,1H3. The molecule has 1 rings (SSSR count). The highest BCUT2D eigenvalue weighted by Crippen LogP contribution is 2.12. The summed E-state index contributed by atoms with van der Waals surface area (Å²) in [5.74, 6) is -1.15. The molecule has 0 spiro atoms. The Labute approximate surface area is 75.3 Å². The van der Waals surface area contributed by atoms with Crippen molar-refractivity contribution in [2.45, 2.75) is 6.92 Å². The summed E-state index contributed by atoms with van der Waals surface area (Å²) in [6.07, 6.45) is 0. The Morgan fingerprint density at radius 1 is 1.62 bits per heavy atom. The third-order valence-corrected chi connectivity index (χ3v) is 1.51. The summed E-state index contributed by atoms with van der Waals surface area (Å²) in [6, 6.07) is 3.82. The summed E-state index contributed by atoms with van der Waals surface area (Å²) in [4.78, 5) is 11.1. The molecule has 70 valence electrons. The zero-order valence-electron chi connectivity index (χ0n) is 7.21. The number of nitrogens with two attached hydrogens (primary N) is 1. The smallest absolute Gasteiger partial charge is 0.338 e. The molecule has 0 saturated heterocycles. The summed E-state index contributed by atoms with van der Waals surface area (Å²) >= 11 is 0. The van der Waals surface area contributed by atoms with Gasteiger partial charge in [0.15, 0.2) is 0 Å². The van der Waals surface area contributed by atoms with E-state index in [1.165, 1.54) is 12.1 Å². The topological polar surface area (TPSA) is 52.3 Å². The van der Waals surface area contributed by atoms with Crippen molar-refractivity contribution in [1.82, 2.24) is 0 Å². The third-order valence-electron chi connectivity index (χ3n) is 1.51. The third kappa shape index (κ3) is 2.18. The van der Waals surface area contributed by atoms with Crippen LogP contribution in [-0.2, 0) is 4.74 Å². The molecule has 0 aliphatic heterocycles. The van der Waals surface area contributed by atoms with Crippen LogP contribution in [0.2, 0.25) is 0 Å². The normalized spacial score (nSPS) is 9.69. The summed E-state index contributed by atoms with van der Waals surface area (Å²) in [6.45, 7) is 1.95. The van der Waals surface area contributed by atoms with E-state index < -0.39 is 11.8 Å². The Balaban J connectivity index is 2.90. The molecule has 0 fully saturated rings. The van der Waals surface area contributed by atoms with Gasteiger partial charge in [-0.05, 0) is 25.1 Å². The van der Waals surface area contributed by atoms with E-state index in [2.05, 4.69) is 4.74 Å². The second-order valence-corrected chi connectivity index (χ2v) is 2.46. The van der Waals surface area contributed by atoms with E-state index in [9.17, 15) is 9.18 Å². The Bertz CT molecular complexity index is 325. The molecule has 1 aromatic rings. The Morgan fingerprint density at radius 3 is 2.85 bits per heavy atom. The molecule has 0 saturated carbocycles. The lowest BCUT2D eigenvalue weighted by Crippen LogP contribution is -2.05. The van der Waals surface area contributed by atoms with E-state index in [4.69, 9.17) is 5.73 Å². The molecule has 0 aromatic heterocycles. The summed E-state index contributed by atoms with van der Waals surface area (Å²) in [7, 11) is 0. The summed E-state index contributed by atoms with van der Waals surface area (Å²) in [5, 5.41) is 0. The fourth-order valence-electron chi connectivity index (χ4n) is 0.869. The number of esters is 1. The van der Waals surface area contributed by atoms with Crippen LogP contribution in [0.25, 0.3) is 0 Å². The number of rotatable bonds is 2. The van der Waals surface area contributed by atoms with Gasteiger partial charge in [-0.2, -0.15) is 0 Å². The predicted molar refractivity (Wildman–Crippen MR) is 46.8 cm³/mol. The molecule has 0 bridgehead atoms. The van der Waals surface area contributed by atoms with Crippen LogP contribution in [0.4, 0.5) is 10.1 Å². The first-order valence-electron chi connectivity index (χ1n) is 3.87. The van der Waals surface area contributed by atoms with E-state index in [0.29, 0.717) is 0 Å². The van der Waals surface area contributed by atoms with Gasteiger partial charge in [0, 0.05) is 0 Å². The van der Waals surface area contributed by atoms with Crippen molar-refractivity contribution in [3.05, 3.63) is 29.6 Å². The number of nitrogen functional groups attached to an aromatic ring is 1. The molecule has 3 nitrogen and oxygen atoms in total. The lowest BCUT2D eigenvalue weighted by Gasteiger charge is -2.02. The van der Waals surface area contributed by atoms with Crippen molar-refractivity contribution in [2.24, 2.45) is 0 Å². The van der Waals surface area contributed by atoms with Gasteiger partial charge in [0.1, 0.15) is 5.82 Å². The molecule has 2 N–H and O–H groups in total. The molecule has 0 aliphatic carbocycles. The van der Waals surface area contributed by atoms with Crippen LogP contribution in [0.15, 0.2) is 18.2 Å². The average Bonchev–Trinajstić information content (AvgIpc) is 2.10. The molecule has 4 heteroatoms. The van der Waals surface area contributed by atoms with Gasteiger partial charge < -0.3 is 10.5 Å². The number of halogens is 1. The van der Waals surface area contributed by atoms with Gasteiger partial charge >= 0.3 is 5.97 Å². The maximum atomic E-state index is 12.8. The largest absolute Gasteiger partial charge is 0.462 e. The van der Waals surface area contributed by atoms with Crippen molar-refractivity contribution in [3.63, 3.8) is 0 Å². The molecular weight excluding hydrogens is 173 g/mol. The molecule has 0 unspecified atom stereocenters. The Morgan fingerprint density at radius 2 is 2.31 bits per heavy atom. The van der Waals surface area contributed by atoms with Crippen LogP contribution in [0, 0.1) is 5.82 Å². The average molecular weight is 183 g/mol. The lowest BCUT2D eigenvalue weighted by molar-refractivity contribution is 0.0526. The first-order chi connectivity index (χ1) is 6.15. The van der Waals surface area contributed by atoms with E-state index in [1.807, 2.05) is 0 Å².